The van der Waals surface area contributed by atoms with Crippen LogP contribution in [-0.2, 0) is 0 Å². The quantitative estimate of drug-likeness (QED) is 0.447. The molecule has 0 saturated heterocycles. The lowest BCUT2D eigenvalue weighted by Crippen LogP contribution is -2.25. The van der Waals surface area contributed by atoms with Gasteiger partial charge in [-0.2, -0.15) is 0 Å². The second-order valence-electron chi connectivity index (χ2n) is 3.72. The minimum atomic E-state index is 0.699. The molecule has 3 fully saturated rings. The summed E-state index contributed by atoms with van der Waals surface area (Å²) in [5.41, 5.74) is 2.90. The number of rotatable bonds is 0. The molecule has 54 valence electrons. The highest BCUT2D eigenvalue weighted by Crippen LogP contribution is 2.46. The van der Waals surface area contributed by atoms with Gasteiger partial charge in [0, 0.05) is 5.92 Å². The molecule has 0 spiro atoms. The predicted molar refractivity (Wildman–Crippen MR) is 43.7 cm³/mol. The molecule has 0 N–H and O–H groups in total. The van der Waals surface area contributed by atoms with Crippen molar-refractivity contribution in [1.82, 2.24) is 0 Å². The van der Waals surface area contributed by atoms with Crippen LogP contribution in [0, 0.1) is 11.8 Å². The van der Waals surface area contributed by atoms with Crippen molar-refractivity contribution in [2.75, 3.05) is 0 Å². The molecule has 0 aliphatic heterocycles. The highest BCUT2D eigenvalue weighted by Gasteiger charge is 2.32. The fraction of sp³-hybridized carbons (Fsp3) is 0.600. The highest BCUT2D eigenvalue weighted by atomic mass is 14.4. The van der Waals surface area contributed by atoms with Crippen molar-refractivity contribution < 1.29 is 0 Å². The average Bonchev–Trinajstić information content (AvgIpc) is 1.86. The topological polar surface area (TPSA) is 0 Å². The Labute approximate surface area is 62.6 Å². The summed E-state index contributed by atoms with van der Waals surface area (Å²) in [7, 11) is 0. The smallest absolute Gasteiger partial charge is 0.000186 e. The lowest BCUT2D eigenvalue weighted by atomic mass is 9.66. The van der Waals surface area contributed by atoms with Crippen molar-refractivity contribution in [1.29, 1.82) is 0 Å². The van der Waals surface area contributed by atoms with Crippen LogP contribution in [0.4, 0.5) is 0 Å². The standard InChI is InChI=1S/C10H14/c1-7-5-9-3-4-10(7)8(2)6-9/h9-10H,1-6H2. The van der Waals surface area contributed by atoms with Gasteiger partial charge < -0.3 is 0 Å². The van der Waals surface area contributed by atoms with E-state index in [4.69, 9.17) is 0 Å². The molecule has 3 rings (SSSR count). The summed E-state index contributed by atoms with van der Waals surface area (Å²) < 4.78 is 0. The Morgan fingerprint density at radius 3 is 1.90 bits per heavy atom. The first-order valence-electron chi connectivity index (χ1n) is 4.12. The molecule has 0 radical (unpaired) electrons. The Bertz CT molecular complexity index is 170. The second-order valence-corrected chi connectivity index (χ2v) is 3.72. The summed E-state index contributed by atoms with van der Waals surface area (Å²) in [6.45, 7) is 8.17. The first-order valence-corrected chi connectivity index (χ1v) is 4.12. The van der Waals surface area contributed by atoms with Gasteiger partial charge in [0.15, 0.2) is 0 Å². The van der Waals surface area contributed by atoms with Crippen molar-refractivity contribution in [2.24, 2.45) is 11.8 Å². The van der Waals surface area contributed by atoms with Crippen LogP contribution in [0.2, 0.25) is 0 Å². The maximum Gasteiger partial charge on any atom is 0.000186 e. The van der Waals surface area contributed by atoms with Crippen LogP contribution in [0.1, 0.15) is 25.7 Å². The van der Waals surface area contributed by atoms with Gasteiger partial charge in [-0.05, 0) is 31.6 Å². The van der Waals surface area contributed by atoms with Crippen molar-refractivity contribution in [3.05, 3.63) is 24.3 Å². The summed E-state index contributed by atoms with van der Waals surface area (Å²) in [6.07, 6.45) is 5.32. The highest BCUT2D eigenvalue weighted by molar-refractivity contribution is 5.24. The van der Waals surface area contributed by atoms with Crippen molar-refractivity contribution in [3.63, 3.8) is 0 Å². The third-order valence-corrected chi connectivity index (χ3v) is 2.95. The minimum absolute atomic E-state index is 0.699. The van der Waals surface area contributed by atoms with Gasteiger partial charge in [0.1, 0.15) is 0 Å². The fourth-order valence-electron chi connectivity index (χ4n) is 2.40. The molecule has 0 heteroatoms. The van der Waals surface area contributed by atoms with Gasteiger partial charge in [0.05, 0.1) is 0 Å². The van der Waals surface area contributed by atoms with Crippen LogP contribution in [-0.4, -0.2) is 0 Å². The molecule has 10 heavy (non-hydrogen) atoms. The number of fused-ring (bicyclic) bond motifs is 3. The molecule has 2 bridgehead atoms. The molecular formula is C10H14. The van der Waals surface area contributed by atoms with E-state index in [0.717, 1.165) is 5.92 Å². The first-order chi connectivity index (χ1) is 4.77. The average molecular weight is 134 g/mol. The van der Waals surface area contributed by atoms with Crippen molar-refractivity contribution in [2.45, 2.75) is 25.7 Å². The van der Waals surface area contributed by atoms with Gasteiger partial charge in [-0.25, -0.2) is 0 Å². The second kappa shape index (κ2) is 1.98. The van der Waals surface area contributed by atoms with Gasteiger partial charge in [0.25, 0.3) is 0 Å². The van der Waals surface area contributed by atoms with Crippen LogP contribution in [0.25, 0.3) is 0 Å². The van der Waals surface area contributed by atoms with Crippen molar-refractivity contribution in [3.8, 4) is 0 Å². The third-order valence-electron chi connectivity index (χ3n) is 2.95. The van der Waals surface area contributed by atoms with Gasteiger partial charge in [-0.1, -0.05) is 24.3 Å². The van der Waals surface area contributed by atoms with E-state index < -0.39 is 0 Å². The fourth-order valence-corrected chi connectivity index (χ4v) is 2.40. The van der Waals surface area contributed by atoms with E-state index in [9.17, 15) is 0 Å². The molecule has 0 heterocycles. The molecule has 0 atom stereocenters. The maximum absolute atomic E-state index is 4.09. The van der Waals surface area contributed by atoms with E-state index in [1.165, 1.54) is 36.8 Å². The zero-order valence-corrected chi connectivity index (χ0v) is 6.40. The number of hydrogen-bond donors (Lipinski definition) is 0. The van der Waals surface area contributed by atoms with Gasteiger partial charge >= 0.3 is 0 Å². The van der Waals surface area contributed by atoms with E-state index in [1.54, 1.807) is 0 Å². The molecule has 3 aliphatic carbocycles. The molecule has 3 saturated carbocycles. The van der Waals surface area contributed by atoms with Gasteiger partial charge in [-0.3, -0.25) is 0 Å². The van der Waals surface area contributed by atoms with Crippen LogP contribution < -0.4 is 0 Å². The largest absolute Gasteiger partial charge is 0.0992 e. The summed E-state index contributed by atoms with van der Waals surface area (Å²) in [6, 6.07) is 0. The Balaban J connectivity index is 2.26. The Hall–Kier alpha value is -0.520. The van der Waals surface area contributed by atoms with Crippen LogP contribution in [0.5, 0.6) is 0 Å². The van der Waals surface area contributed by atoms with Crippen LogP contribution >= 0.6 is 0 Å². The van der Waals surface area contributed by atoms with E-state index in [2.05, 4.69) is 13.2 Å². The lowest BCUT2D eigenvalue weighted by Gasteiger charge is -2.39. The van der Waals surface area contributed by atoms with E-state index in [-0.39, 0.29) is 0 Å². The third kappa shape index (κ3) is 0.749. The monoisotopic (exact) mass is 134 g/mol. The van der Waals surface area contributed by atoms with E-state index in [1.807, 2.05) is 0 Å². The molecule has 0 aromatic rings. The molecule has 3 aliphatic rings. The van der Waals surface area contributed by atoms with Gasteiger partial charge in [0.2, 0.25) is 0 Å². The van der Waals surface area contributed by atoms with Crippen LogP contribution in [0.15, 0.2) is 24.3 Å². The van der Waals surface area contributed by atoms with Gasteiger partial charge in [-0.15, -0.1) is 0 Å². The number of hydrogen-bond acceptors (Lipinski definition) is 0. The summed E-state index contributed by atoms with van der Waals surface area (Å²) in [5.74, 6) is 1.61. The zero-order chi connectivity index (χ0) is 7.14. The van der Waals surface area contributed by atoms with E-state index in [0.29, 0.717) is 5.92 Å². The summed E-state index contributed by atoms with van der Waals surface area (Å²) in [4.78, 5) is 0. The van der Waals surface area contributed by atoms with Crippen molar-refractivity contribution >= 4 is 0 Å². The number of allylic oxidation sites excluding steroid dienone is 2. The summed E-state index contributed by atoms with van der Waals surface area (Å²) in [5, 5.41) is 0. The molecule has 0 nitrogen and oxygen atoms in total. The molecule has 0 aromatic carbocycles. The maximum atomic E-state index is 4.09. The molecule has 0 unspecified atom stereocenters. The lowest BCUT2D eigenvalue weighted by molar-refractivity contribution is 0.308. The Morgan fingerprint density at radius 2 is 1.60 bits per heavy atom. The Morgan fingerprint density at radius 1 is 1.00 bits per heavy atom. The Kier molecular flexibility index (Phi) is 1.23. The first kappa shape index (κ1) is 6.21. The molecular weight excluding hydrogens is 120 g/mol. The molecule has 0 aromatic heterocycles. The van der Waals surface area contributed by atoms with Crippen LogP contribution in [0.3, 0.4) is 0 Å². The van der Waals surface area contributed by atoms with E-state index >= 15 is 0 Å². The SMILES string of the molecule is C=C1CC2CCC1C(=C)C2. The normalized spacial score (nSPS) is 38.8. The predicted octanol–water partition coefficient (Wildman–Crippen LogP) is 2.92. The zero-order valence-electron chi connectivity index (χ0n) is 6.40. The minimum Gasteiger partial charge on any atom is -0.0992 e. The summed E-state index contributed by atoms with van der Waals surface area (Å²) >= 11 is 0. The molecule has 0 amide bonds.